The molecule has 0 saturated carbocycles. The van der Waals surface area contributed by atoms with Gasteiger partial charge in [0.05, 0.1) is 6.61 Å². The smallest absolute Gasteiger partial charge is 0.125 e. The van der Waals surface area contributed by atoms with Crippen molar-refractivity contribution in [1.29, 1.82) is 0 Å². The first kappa shape index (κ1) is 16.1. The summed E-state index contributed by atoms with van der Waals surface area (Å²) in [7, 11) is 0. The van der Waals surface area contributed by atoms with Gasteiger partial charge < -0.3 is 14.6 Å². The summed E-state index contributed by atoms with van der Waals surface area (Å²) in [6.07, 6.45) is 1.26. The SMILES string of the molecule is Cc1cc(-c2cc(C)c(OCCC=O)c(C)c2)cc(C)c1O. The number of ether oxygens (including phenoxy) is 1. The van der Waals surface area contributed by atoms with Crippen LogP contribution in [0.1, 0.15) is 28.7 Å². The number of aldehydes is 1. The van der Waals surface area contributed by atoms with Crippen molar-refractivity contribution in [1.82, 2.24) is 0 Å². The third-order valence-electron chi connectivity index (χ3n) is 3.77. The van der Waals surface area contributed by atoms with Crippen molar-refractivity contribution in [3.63, 3.8) is 0 Å². The molecule has 116 valence electrons. The summed E-state index contributed by atoms with van der Waals surface area (Å²) in [5.74, 6) is 1.20. The molecule has 0 aliphatic carbocycles. The monoisotopic (exact) mass is 298 g/mol. The Hall–Kier alpha value is -2.29. The third kappa shape index (κ3) is 3.30. The summed E-state index contributed by atoms with van der Waals surface area (Å²) < 4.78 is 5.69. The van der Waals surface area contributed by atoms with Crippen molar-refractivity contribution in [3.05, 3.63) is 46.5 Å². The Kier molecular flexibility index (Phi) is 4.86. The summed E-state index contributed by atoms with van der Waals surface area (Å²) in [5, 5.41) is 9.90. The molecule has 0 radical (unpaired) electrons. The molecule has 0 atom stereocenters. The van der Waals surface area contributed by atoms with Crippen molar-refractivity contribution in [3.8, 4) is 22.6 Å². The summed E-state index contributed by atoms with van der Waals surface area (Å²) in [6, 6.07) is 8.13. The zero-order valence-electron chi connectivity index (χ0n) is 13.6. The Labute approximate surface area is 131 Å². The quantitative estimate of drug-likeness (QED) is 0.662. The minimum atomic E-state index is 0.353. The molecule has 3 nitrogen and oxygen atoms in total. The predicted octanol–water partition coefficient (Wildman–Crippen LogP) is 4.26. The van der Waals surface area contributed by atoms with Crippen molar-refractivity contribution >= 4 is 6.29 Å². The number of aryl methyl sites for hydroxylation is 4. The molecule has 0 aliphatic heterocycles. The number of hydrogen-bond donors (Lipinski definition) is 1. The lowest BCUT2D eigenvalue weighted by molar-refractivity contribution is -0.108. The molecule has 0 fully saturated rings. The van der Waals surface area contributed by atoms with E-state index in [1.165, 1.54) is 0 Å². The Balaban J connectivity index is 2.40. The maximum atomic E-state index is 10.4. The van der Waals surface area contributed by atoms with Gasteiger partial charge in [-0.1, -0.05) is 0 Å². The van der Waals surface area contributed by atoms with E-state index in [9.17, 15) is 9.90 Å². The van der Waals surface area contributed by atoms with Crippen LogP contribution in [0.15, 0.2) is 24.3 Å². The van der Waals surface area contributed by atoms with Gasteiger partial charge in [-0.2, -0.15) is 0 Å². The predicted molar refractivity (Wildman–Crippen MR) is 88.7 cm³/mol. The average molecular weight is 298 g/mol. The van der Waals surface area contributed by atoms with Gasteiger partial charge in [0.1, 0.15) is 17.8 Å². The summed E-state index contributed by atoms with van der Waals surface area (Å²) in [5.41, 5.74) is 6.02. The molecule has 0 amide bonds. The molecule has 0 bridgehead atoms. The first-order valence-corrected chi connectivity index (χ1v) is 7.42. The fourth-order valence-electron chi connectivity index (χ4n) is 2.68. The number of carbonyl (C=O) groups excluding carboxylic acids is 1. The second kappa shape index (κ2) is 6.65. The average Bonchev–Trinajstić information content (AvgIpc) is 2.47. The molecule has 2 aromatic carbocycles. The summed E-state index contributed by atoms with van der Waals surface area (Å²) in [4.78, 5) is 10.4. The van der Waals surface area contributed by atoms with Crippen LogP contribution in [0, 0.1) is 27.7 Å². The largest absolute Gasteiger partial charge is 0.507 e. The highest BCUT2D eigenvalue weighted by Gasteiger charge is 2.10. The topological polar surface area (TPSA) is 46.5 Å². The summed E-state index contributed by atoms with van der Waals surface area (Å²) >= 11 is 0. The van der Waals surface area contributed by atoms with Crippen LogP contribution in [0.3, 0.4) is 0 Å². The van der Waals surface area contributed by atoms with E-state index >= 15 is 0 Å². The summed E-state index contributed by atoms with van der Waals surface area (Å²) in [6.45, 7) is 8.23. The molecular formula is C19H22O3. The number of phenolic OH excluding ortho intramolecular Hbond substituents is 1. The maximum absolute atomic E-state index is 10.4. The standard InChI is InChI=1S/C19H22O3/c1-12-8-16(9-13(2)18(12)21)17-10-14(3)19(15(4)11-17)22-7-5-6-20/h6,8-11,21H,5,7H2,1-4H3. The van der Waals surface area contributed by atoms with E-state index in [1.807, 2.05) is 39.8 Å². The van der Waals surface area contributed by atoms with E-state index in [0.29, 0.717) is 18.8 Å². The van der Waals surface area contributed by atoms with Crippen molar-refractivity contribution in [2.45, 2.75) is 34.1 Å². The Morgan fingerprint density at radius 1 is 0.909 bits per heavy atom. The number of benzene rings is 2. The lowest BCUT2D eigenvalue weighted by Crippen LogP contribution is -2.01. The van der Waals surface area contributed by atoms with Crippen LogP contribution in [0.25, 0.3) is 11.1 Å². The van der Waals surface area contributed by atoms with Gasteiger partial charge in [-0.3, -0.25) is 0 Å². The molecular weight excluding hydrogens is 276 g/mol. The van der Waals surface area contributed by atoms with E-state index in [1.54, 1.807) is 0 Å². The van der Waals surface area contributed by atoms with Crippen molar-refractivity contribution in [2.75, 3.05) is 6.61 Å². The zero-order chi connectivity index (χ0) is 16.3. The lowest BCUT2D eigenvalue weighted by Gasteiger charge is -2.15. The van der Waals surface area contributed by atoms with Crippen molar-refractivity contribution < 1.29 is 14.6 Å². The van der Waals surface area contributed by atoms with Crippen LogP contribution in [0.5, 0.6) is 11.5 Å². The second-order valence-electron chi connectivity index (χ2n) is 5.70. The molecule has 0 aromatic heterocycles. The third-order valence-corrected chi connectivity index (χ3v) is 3.77. The van der Waals surface area contributed by atoms with Crippen LogP contribution in [0.2, 0.25) is 0 Å². The molecule has 0 spiro atoms. The van der Waals surface area contributed by atoms with Gasteiger partial charge in [0.25, 0.3) is 0 Å². The second-order valence-corrected chi connectivity index (χ2v) is 5.70. The fourth-order valence-corrected chi connectivity index (χ4v) is 2.68. The highest BCUT2D eigenvalue weighted by atomic mass is 16.5. The van der Waals surface area contributed by atoms with Gasteiger partial charge in [0.15, 0.2) is 0 Å². The Morgan fingerprint density at radius 2 is 1.36 bits per heavy atom. The molecule has 0 aliphatic rings. The molecule has 1 N–H and O–H groups in total. The molecule has 22 heavy (non-hydrogen) atoms. The molecule has 0 heterocycles. The fraction of sp³-hybridized carbons (Fsp3) is 0.316. The van der Waals surface area contributed by atoms with E-state index in [4.69, 9.17) is 4.74 Å². The molecule has 2 rings (SSSR count). The number of aromatic hydroxyl groups is 1. The van der Waals surface area contributed by atoms with Crippen LogP contribution in [-0.2, 0) is 4.79 Å². The van der Waals surface area contributed by atoms with E-state index in [0.717, 1.165) is 45.4 Å². The van der Waals surface area contributed by atoms with E-state index < -0.39 is 0 Å². The molecule has 0 unspecified atom stereocenters. The van der Waals surface area contributed by atoms with E-state index in [-0.39, 0.29) is 0 Å². The first-order chi connectivity index (χ1) is 10.4. The van der Waals surface area contributed by atoms with Gasteiger partial charge in [-0.15, -0.1) is 0 Å². The minimum Gasteiger partial charge on any atom is -0.507 e. The number of hydrogen-bond acceptors (Lipinski definition) is 3. The number of phenols is 1. The van der Waals surface area contributed by atoms with Crippen LogP contribution >= 0.6 is 0 Å². The normalized spacial score (nSPS) is 10.5. The van der Waals surface area contributed by atoms with Gasteiger partial charge in [0, 0.05) is 6.42 Å². The molecule has 2 aromatic rings. The molecule has 0 saturated heterocycles. The van der Waals surface area contributed by atoms with Crippen LogP contribution in [-0.4, -0.2) is 18.0 Å². The maximum Gasteiger partial charge on any atom is 0.125 e. The van der Waals surface area contributed by atoms with Crippen LogP contribution < -0.4 is 4.74 Å². The number of rotatable bonds is 5. The molecule has 3 heteroatoms. The van der Waals surface area contributed by atoms with Crippen LogP contribution in [0.4, 0.5) is 0 Å². The van der Waals surface area contributed by atoms with Gasteiger partial charge in [0.2, 0.25) is 0 Å². The highest BCUT2D eigenvalue weighted by Crippen LogP contribution is 2.33. The minimum absolute atomic E-state index is 0.353. The van der Waals surface area contributed by atoms with Crippen molar-refractivity contribution in [2.24, 2.45) is 0 Å². The Bertz CT molecular complexity index is 656. The lowest BCUT2D eigenvalue weighted by atomic mass is 9.96. The van der Waals surface area contributed by atoms with E-state index in [2.05, 4.69) is 12.1 Å². The zero-order valence-corrected chi connectivity index (χ0v) is 13.6. The van der Waals surface area contributed by atoms with Gasteiger partial charge >= 0.3 is 0 Å². The van der Waals surface area contributed by atoms with Gasteiger partial charge in [-0.05, 0) is 85.3 Å². The first-order valence-electron chi connectivity index (χ1n) is 7.42. The van der Waals surface area contributed by atoms with Gasteiger partial charge in [-0.25, -0.2) is 0 Å². The Morgan fingerprint density at radius 3 is 1.82 bits per heavy atom. The highest BCUT2D eigenvalue weighted by molar-refractivity contribution is 5.70. The number of carbonyl (C=O) groups is 1.